The molecule has 0 atom stereocenters. The van der Waals surface area contributed by atoms with Crippen molar-refractivity contribution in [1.82, 2.24) is 4.57 Å². The zero-order valence-electron chi connectivity index (χ0n) is 42.0. The third-order valence-corrected chi connectivity index (χ3v) is 18.7. The predicted octanol–water partition coefficient (Wildman–Crippen LogP) is 18.0. The van der Waals surface area contributed by atoms with Crippen LogP contribution in [0, 0.1) is 0 Å². The van der Waals surface area contributed by atoms with Gasteiger partial charge in [0.15, 0.2) is 0 Å². The average molecular weight is 900 g/mol. The molecule has 1 aromatic heterocycles. The fourth-order valence-electron chi connectivity index (χ4n) is 14.7. The summed E-state index contributed by atoms with van der Waals surface area (Å²) in [5.41, 5.74) is 33.2. The third kappa shape index (κ3) is 4.80. The summed E-state index contributed by atoms with van der Waals surface area (Å²) in [5.74, 6) is 0. The molecule has 3 aliphatic carbocycles. The van der Waals surface area contributed by atoms with Gasteiger partial charge in [-0.1, -0.05) is 178 Å². The first-order valence-electron chi connectivity index (χ1n) is 25.6. The molecule has 0 amide bonds. The Labute approximate surface area is 412 Å². The van der Waals surface area contributed by atoms with E-state index in [9.17, 15) is 0 Å². The summed E-state index contributed by atoms with van der Waals surface area (Å²) in [6.45, 7) is 24.4. The van der Waals surface area contributed by atoms with Crippen LogP contribution in [0.25, 0.3) is 94.3 Å². The molecule has 0 spiro atoms. The summed E-state index contributed by atoms with van der Waals surface area (Å²) in [7, 11) is 0. The minimum absolute atomic E-state index is 0.0822. The molecule has 338 valence electrons. The molecule has 1 nitrogen and oxygen atoms in total. The summed E-state index contributed by atoms with van der Waals surface area (Å²) in [5, 5.41) is 2.68. The van der Waals surface area contributed by atoms with E-state index in [1.165, 1.54) is 150 Å². The molecule has 10 aromatic rings. The van der Waals surface area contributed by atoms with Crippen LogP contribution in [0.1, 0.15) is 125 Å². The van der Waals surface area contributed by atoms with E-state index in [2.05, 4.69) is 238 Å². The molecule has 1 heteroatoms. The van der Waals surface area contributed by atoms with Crippen molar-refractivity contribution in [2.75, 3.05) is 0 Å². The largest absolute Gasteiger partial charge is 0.308 e. The van der Waals surface area contributed by atoms with Gasteiger partial charge < -0.3 is 4.57 Å². The van der Waals surface area contributed by atoms with Gasteiger partial charge in [-0.2, -0.15) is 0 Å². The number of fused-ring (bicyclic) bond motifs is 10. The van der Waals surface area contributed by atoms with E-state index in [4.69, 9.17) is 0 Å². The Morgan fingerprint density at radius 3 is 0.871 bits per heavy atom. The first-order valence-corrected chi connectivity index (χ1v) is 25.6. The monoisotopic (exact) mass is 899 g/mol. The smallest absolute Gasteiger partial charge is 0.0582 e. The van der Waals surface area contributed by atoms with Gasteiger partial charge >= 0.3 is 0 Å². The second kappa shape index (κ2) is 12.8. The fourth-order valence-corrected chi connectivity index (χ4v) is 14.7. The van der Waals surface area contributed by atoms with Crippen LogP contribution < -0.4 is 0 Å². The molecule has 0 radical (unpaired) electrons. The second-order valence-corrected chi connectivity index (χ2v) is 24.1. The van der Waals surface area contributed by atoms with Gasteiger partial charge in [-0.15, -0.1) is 0 Å². The van der Waals surface area contributed by atoms with E-state index in [1.54, 1.807) is 0 Å². The highest BCUT2D eigenvalue weighted by Crippen LogP contribution is 2.59. The number of aromatic nitrogens is 1. The number of hydrogen-bond donors (Lipinski definition) is 0. The van der Waals surface area contributed by atoms with E-state index in [1.807, 2.05) is 0 Å². The van der Waals surface area contributed by atoms with E-state index in [0.717, 1.165) is 0 Å². The molecule has 0 fully saturated rings. The van der Waals surface area contributed by atoms with Crippen molar-refractivity contribution in [3.63, 3.8) is 0 Å². The summed E-state index contributed by atoms with van der Waals surface area (Å²) < 4.78 is 2.71. The van der Waals surface area contributed by atoms with Crippen LogP contribution in [0.15, 0.2) is 164 Å². The second-order valence-electron chi connectivity index (χ2n) is 24.1. The fraction of sp³-hybridized carbons (Fsp3) is 0.217. The van der Waals surface area contributed by atoms with Gasteiger partial charge in [0.25, 0.3) is 0 Å². The van der Waals surface area contributed by atoms with Crippen LogP contribution in [-0.4, -0.2) is 4.57 Å². The molecule has 0 saturated heterocycles. The maximum Gasteiger partial charge on any atom is 0.0582 e. The van der Waals surface area contributed by atoms with Crippen molar-refractivity contribution in [2.24, 2.45) is 0 Å². The van der Waals surface area contributed by atoms with Gasteiger partial charge in [0, 0.05) is 37.8 Å². The van der Waals surface area contributed by atoms with Crippen LogP contribution in [-0.2, 0) is 27.1 Å². The molecular weight excluding hydrogens is 843 g/mol. The van der Waals surface area contributed by atoms with Gasteiger partial charge in [-0.05, 0) is 177 Å². The highest BCUT2D eigenvalue weighted by Gasteiger charge is 2.45. The SMILES string of the molecule is CC1(C)c2ccccc2-c2ccc(-c3cc4c5c(c3)C(C)(C)c3cc(-c6ccc7c(c6)C(C)(C)c6ccccc6-7)cc6c7cc(-c8ccc9c(c8)C(C)(C)c8ccccc8-9)cc(c7n-5c36)C4(C)C)cc21. The molecule has 15 rings (SSSR count). The van der Waals surface area contributed by atoms with Crippen LogP contribution >= 0.6 is 0 Å². The van der Waals surface area contributed by atoms with Crippen molar-refractivity contribution >= 4 is 21.8 Å². The maximum absolute atomic E-state index is 2.71. The average Bonchev–Trinajstić information content (AvgIpc) is 3.98. The maximum atomic E-state index is 2.71. The normalized spacial score (nSPS) is 17.6. The molecule has 5 aliphatic rings. The molecule has 0 unspecified atom stereocenters. The number of rotatable bonds is 3. The lowest BCUT2D eigenvalue weighted by atomic mass is 9.67. The van der Waals surface area contributed by atoms with Crippen LogP contribution in [0.5, 0.6) is 0 Å². The molecule has 2 aliphatic heterocycles. The Morgan fingerprint density at radius 2 is 0.514 bits per heavy atom. The van der Waals surface area contributed by atoms with Crippen LogP contribution in [0.2, 0.25) is 0 Å². The van der Waals surface area contributed by atoms with E-state index >= 15 is 0 Å². The zero-order valence-corrected chi connectivity index (χ0v) is 42.0. The molecule has 0 bridgehead atoms. The van der Waals surface area contributed by atoms with Crippen molar-refractivity contribution < 1.29 is 0 Å². The Morgan fingerprint density at radius 1 is 0.243 bits per heavy atom. The third-order valence-electron chi connectivity index (χ3n) is 18.7. The minimum atomic E-state index is -0.297. The summed E-state index contributed by atoms with van der Waals surface area (Å²) in [4.78, 5) is 0. The van der Waals surface area contributed by atoms with E-state index < -0.39 is 0 Å². The van der Waals surface area contributed by atoms with Gasteiger partial charge in [0.1, 0.15) is 0 Å². The van der Waals surface area contributed by atoms with Gasteiger partial charge in [0.05, 0.1) is 16.7 Å². The molecule has 0 N–H and O–H groups in total. The Hall–Kier alpha value is -7.22. The van der Waals surface area contributed by atoms with Crippen LogP contribution in [0.4, 0.5) is 0 Å². The summed E-state index contributed by atoms with van der Waals surface area (Å²) in [6, 6.07) is 64.3. The highest BCUT2D eigenvalue weighted by atomic mass is 15.0. The molecule has 0 saturated carbocycles. The predicted molar refractivity (Wildman–Crippen MR) is 294 cm³/mol. The van der Waals surface area contributed by atoms with Crippen molar-refractivity contribution in [1.29, 1.82) is 0 Å². The lowest BCUT2D eigenvalue weighted by Gasteiger charge is -2.43. The Balaban J connectivity index is 1.00. The minimum Gasteiger partial charge on any atom is -0.308 e. The highest BCUT2D eigenvalue weighted by molar-refractivity contribution is 6.16. The molecule has 70 heavy (non-hydrogen) atoms. The zero-order chi connectivity index (χ0) is 47.8. The van der Waals surface area contributed by atoms with Crippen molar-refractivity contribution in [3.8, 4) is 72.4 Å². The summed E-state index contributed by atoms with van der Waals surface area (Å²) >= 11 is 0. The standard InChI is InChI=1S/C69H57N/c1-65(2)52-20-14-11-17-44(52)47-26-23-38(31-55(47)65)41-29-50-51-30-42(39-24-27-48-45-18-12-15-21-53(45)66(3,4)56(48)32-39)35-59-63(51)70-62(50)58(34-41)68(7,8)60-36-43(37-61(64(60)70)69(59,9)10)40-25-28-49-46-19-13-16-22-54(46)67(5,6)57(49)33-40/h11-37H,1-10H3. The molecule has 9 aromatic carbocycles. The van der Waals surface area contributed by atoms with Gasteiger partial charge in [-0.3, -0.25) is 0 Å². The van der Waals surface area contributed by atoms with Gasteiger partial charge in [0.2, 0.25) is 0 Å². The topological polar surface area (TPSA) is 4.93 Å². The Bertz CT molecular complexity index is 3870. The van der Waals surface area contributed by atoms with E-state index in [0.29, 0.717) is 0 Å². The summed E-state index contributed by atoms with van der Waals surface area (Å²) in [6.07, 6.45) is 0. The quantitative estimate of drug-likeness (QED) is 0.167. The Kier molecular flexibility index (Phi) is 7.40. The van der Waals surface area contributed by atoms with Crippen molar-refractivity contribution in [2.45, 2.75) is 96.3 Å². The number of hydrogen-bond acceptors (Lipinski definition) is 0. The first kappa shape index (κ1) is 40.6. The van der Waals surface area contributed by atoms with Gasteiger partial charge in [-0.25, -0.2) is 0 Å². The molecule has 3 heterocycles. The van der Waals surface area contributed by atoms with Crippen molar-refractivity contribution in [3.05, 3.63) is 219 Å². The van der Waals surface area contributed by atoms with Crippen LogP contribution in [0.3, 0.4) is 0 Å². The lowest BCUT2D eigenvalue weighted by molar-refractivity contribution is 0.594. The lowest BCUT2D eigenvalue weighted by Crippen LogP contribution is -2.33. The number of nitrogens with zero attached hydrogens (tertiary/aromatic N) is 1. The number of benzene rings is 9. The van der Waals surface area contributed by atoms with E-state index in [-0.39, 0.29) is 27.1 Å². The molecular formula is C69H57N. The first-order chi connectivity index (χ1) is 33.5.